The average Bonchev–Trinajstić information content (AvgIpc) is 2.73. The van der Waals surface area contributed by atoms with Crippen LogP contribution in [0, 0.1) is 0 Å². The third-order valence-electron chi connectivity index (χ3n) is 2.76. The van der Waals surface area contributed by atoms with Gasteiger partial charge in [-0.05, 0) is 28.3 Å². The van der Waals surface area contributed by atoms with Gasteiger partial charge in [0.1, 0.15) is 0 Å². The van der Waals surface area contributed by atoms with Gasteiger partial charge in [-0.25, -0.2) is 13.1 Å². The summed E-state index contributed by atoms with van der Waals surface area (Å²) in [4.78, 5) is 1.35. The van der Waals surface area contributed by atoms with Crippen molar-refractivity contribution in [3.8, 4) is 0 Å². The Bertz CT molecular complexity index is 698. The molecule has 7 nitrogen and oxygen atoms in total. The summed E-state index contributed by atoms with van der Waals surface area (Å²) in [5.74, 6) is -0.0487. The maximum absolute atomic E-state index is 12.1. The van der Waals surface area contributed by atoms with Crippen LogP contribution in [0.4, 0.5) is 5.95 Å². The van der Waals surface area contributed by atoms with Crippen LogP contribution in [-0.4, -0.2) is 28.6 Å². The number of hydrogen-bond acceptors (Lipinski definition) is 5. The van der Waals surface area contributed by atoms with Crippen LogP contribution in [0.3, 0.4) is 0 Å². The second-order valence-corrected chi connectivity index (χ2v) is 7.16. The fourth-order valence-corrected chi connectivity index (χ4v) is 2.57. The van der Waals surface area contributed by atoms with Gasteiger partial charge in [0.2, 0.25) is 0 Å². The molecule has 0 aliphatic heterocycles. The van der Waals surface area contributed by atoms with E-state index in [0.717, 1.165) is 5.56 Å². The highest BCUT2D eigenvalue weighted by molar-refractivity contribution is 7.92. The van der Waals surface area contributed by atoms with E-state index in [1.165, 1.54) is 4.80 Å². The lowest BCUT2D eigenvalue weighted by molar-refractivity contribution is 0.587. The van der Waals surface area contributed by atoms with E-state index in [1.807, 2.05) is 0 Å². The highest BCUT2D eigenvalue weighted by Crippen LogP contribution is 2.23. The van der Waals surface area contributed by atoms with E-state index in [1.54, 1.807) is 31.3 Å². The number of tetrazole rings is 1. The molecule has 0 aliphatic carbocycles. The van der Waals surface area contributed by atoms with E-state index < -0.39 is 10.0 Å². The summed E-state index contributed by atoms with van der Waals surface area (Å²) in [5, 5.41) is 10.9. The number of rotatable bonds is 3. The molecule has 20 heavy (non-hydrogen) atoms. The maximum Gasteiger partial charge on any atom is 0.277 e. The number of aryl methyl sites for hydroxylation is 1. The van der Waals surface area contributed by atoms with Crippen molar-refractivity contribution in [2.24, 2.45) is 7.05 Å². The number of nitrogens with one attached hydrogen (secondary N) is 1. The molecule has 1 aromatic carbocycles. The normalized spacial score (nSPS) is 12.4. The standard InChI is InChI=1S/C12H17N5O2S/c1-12(2,3)9-5-7-10(8-6-9)20(18,19)15-11-13-16-17(4)14-11/h5-8H,1-4H3,(H,14,15). The maximum atomic E-state index is 12.1. The molecule has 0 saturated carbocycles. The Morgan fingerprint density at radius 3 is 2.20 bits per heavy atom. The molecule has 0 fully saturated rings. The predicted molar refractivity (Wildman–Crippen MR) is 74.7 cm³/mol. The van der Waals surface area contributed by atoms with Gasteiger partial charge >= 0.3 is 0 Å². The summed E-state index contributed by atoms with van der Waals surface area (Å²) in [6.07, 6.45) is 0. The minimum absolute atomic E-state index is 0.0256. The Hall–Kier alpha value is -1.96. The van der Waals surface area contributed by atoms with Crippen molar-refractivity contribution in [2.75, 3.05) is 4.72 Å². The molecule has 0 aliphatic rings. The van der Waals surface area contributed by atoms with E-state index in [4.69, 9.17) is 0 Å². The molecule has 1 N–H and O–H groups in total. The minimum atomic E-state index is -3.69. The summed E-state index contributed by atoms with van der Waals surface area (Å²) in [5.41, 5.74) is 1.04. The first-order chi connectivity index (χ1) is 9.18. The van der Waals surface area contributed by atoms with Crippen LogP contribution < -0.4 is 4.72 Å². The van der Waals surface area contributed by atoms with Crippen LogP contribution in [0.25, 0.3) is 0 Å². The Morgan fingerprint density at radius 1 is 1.15 bits per heavy atom. The summed E-state index contributed by atoms with van der Waals surface area (Å²) in [6.45, 7) is 6.20. The summed E-state index contributed by atoms with van der Waals surface area (Å²) < 4.78 is 26.6. The van der Waals surface area contributed by atoms with Gasteiger partial charge in [-0.3, -0.25) is 0 Å². The van der Waals surface area contributed by atoms with Crippen molar-refractivity contribution in [3.05, 3.63) is 29.8 Å². The zero-order chi connectivity index (χ0) is 15.0. The average molecular weight is 295 g/mol. The number of aromatic nitrogens is 4. The summed E-state index contributed by atoms with van der Waals surface area (Å²) in [6, 6.07) is 6.75. The zero-order valence-corrected chi connectivity index (χ0v) is 12.6. The Labute approximate surface area is 118 Å². The molecule has 0 amide bonds. The third kappa shape index (κ3) is 3.13. The molecule has 0 spiro atoms. The van der Waals surface area contributed by atoms with E-state index >= 15 is 0 Å². The zero-order valence-electron chi connectivity index (χ0n) is 11.8. The Morgan fingerprint density at radius 2 is 1.75 bits per heavy atom. The topological polar surface area (TPSA) is 89.8 Å². The van der Waals surface area contributed by atoms with Gasteiger partial charge in [-0.15, -0.1) is 5.10 Å². The molecule has 108 valence electrons. The molecule has 1 aromatic heterocycles. The SMILES string of the molecule is Cn1nnc(NS(=O)(=O)c2ccc(C(C)(C)C)cc2)n1. The van der Waals surface area contributed by atoms with E-state index in [0.29, 0.717) is 0 Å². The lowest BCUT2D eigenvalue weighted by Gasteiger charge is -2.19. The van der Waals surface area contributed by atoms with Crippen LogP contribution in [0.1, 0.15) is 26.3 Å². The molecule has 8 heteroatoms. The molecule has 0 unspecified atom stereocenters. The first-order valence-electron chi connectivity index (χ1n) is 6.06. The smallest absolute Gasteiger partial charge is 0.245 e. The van der Waals surface area contributed by atoms with Crippen LogP contribution in [0.5, 0.6) is 0 Å². The molecule has 0 bridgehead atoms. The van der Waals surface area contributed by atoms with E-state index in [2.05, 4.69) is 40.9 Å². The van der Waals surface area contributed by atoms with Crippen LogP contribution >= 0.6 is 0 Å². The van der Waals surface area contributed by atoms with Crippen molar-refractivity contribution in [1.29, 1.82) is 0 Å². The van der Waals surface area contributed by atoms with Crippen LogP contribution in [-0.2, 0) is 22.5 Å². The van der Waals surface area contributed by atoms with Gasteiger partial charge in [0, 0.05) is 0 Å². The molecule has 0 saturated heterocycles. The molecular weight excluding hydrogens is 278 g/mol. The van der Waals surface area contributed by atoms with Crippen LogP contribution in [0.15, 0.2) is 29.2 Å². The second kappa shape index (κ2) is 4.86. The van der Waals surface area contributed by atoms with Gasteiger partial charge in [0.05, 0.1) is 11.9 Å². The van der Waals surface area contributed by atoms with Gasteiger partial charge in [0.25, 0.3) is 16.0 Å². The van der Waals surface area contributed by atoms with Crippen molar-refractivity contribution in [2.45, 2.75) is 31.1 Å². The fraction of sp³-hybridized carbons (Fsp3) is 0.417. The fourth-order valence-electron chi connectivity index (χ4n) is 1.64. The van der Waals surface area contributed by atoms with E-state index in [-0.39, 0.29) is 16.3 Å². The molecule has 0 radical (unpaired) electrons. The number of hydrogen-bond donors (Lipinski definition) is 1. The highest BCUT2D eigenvalue weighted by Gasteiger charge is 2.19. The van der Waals surface area contributed by atoms with Crippen molar-refractivity contribution in [1.82, 2.24) is 20.2 Å². The number of nitrogens with zero attached hydrogens (tertiary/aromatic N) is 4. The van der Waals surface area contributed by atoms with Crippen molar-refractivity contribution in [3.63, 3.8) is 0 Å². The quantitative estimate of drug-likeness (QED) is 0.922. The Kier molecular flexibility index (Phi) is 3.51. The first kappa shape index (κ1) is 14.4. The van der Waals surface area contributed by atoms with E-state index in [9.17, 15) is 8.42 Å². The van der Waals surface area contributed by atoms with Crippen LogP contribution in [0.2, 0.25) is 0 Å². The van der Waals surface area contributed by atoms with Gasteiger partial charge in [-0.2, -0.15) is 4.80 Å². The highest BCUT2D eigenvalue weighted by atomic mass is 32.2. The number of sulfonamides is 1. The minimum Gasteiger partial charge on any atom is -0.245 e. The number of benzene rings is 1. The van der Waals surface area contributed by atoms with Gasteiger partial charge in [-0.1, -0.05) is 38.0 Å². The third-order valence-corrected chi connectivity index (χ3v) is 4.11. The van der Waals surface area contributed by atoms with Gasteiger partial charge < -0.3 is 0 Å². The molecule has 2 rings (SSSR count). The molecule has 0 atom stereocenters. The lowest BCUT2D eigenvalue weighted by Crippen LogP contribution is -2.15. The van der Waals surface area contributed by atoms with Gasteiger partial charge in [0.15, 0.2) is 0 Å². The number of anilines is 1. The predicted octanol–water partition coefficient (Wildman–Crippen LogP) is 1.31. The van der Waals surface area contributed by atoms with Crippen molar-refractivity contribution >= 4 is 16.0 Å². The molecule has 1 heterocycles. The Balaban J connectivity index is 2.26. The molecular formula is C12H17N5O2S. The molecule has 2 aromatic rings. The first-order valence-corrected chi connectivity index (χ1v) is 7.54. The monoisotopic (exact) mass is 295 g/mol. The summed E-state index contributed by atoms with van der Waals surface area (Å²) >= 11 is 0. The second-order valence-electron chi connectivity index (χ2n) is 5.48. The summed E-state index contributed by atoms with van der Waals surface area (Å²) in [7, 11) is -2.13. The largest absolute Gasteiger partial charge is 0.277 e. The van der Waals surface area contributed by atoms with Crippen molar-refractivity contribution < 1.29 is 8.42 Å². The lowest BCUT2D eigenvalue weighted by atomic mass is 9.87.